The Balaban J connectivity index is 1.70. The summed E-state index contributed by atoms with van der Waals surface area (Å²) in [5.41, 5.74) is 1.79. The van der Waals surface area contributed by atoms with Gasteiger partial charge in [-0.05, 0) is 61.4 Å². The van der Waals surface area contributed by atoms with Gasteiger partial charge in [0.05, 0.1) is 38.4 Å². The maximum absolute atomic E-state index is 13.6. The number of carbonyl (C=O) groups excluding carboxylic acids is 2. The molecule has 1 aliphatic heterocycles. The fourth-order valence-corrected chi connectivity index (χ4v) is 5.10. The second-order valence-corrected chi connectivity index (χ2v) is 9.19. The first-order valence-electron chi connectivity index (χ1n) is 11.1. The van der Waals surface area contributed by atoms with Crippen LogP contribution in [0.15, 0.2) is 76.5 Å². The molecule has 1 N–H and O–H groups in total. The van der Waals surface area contributed by atoms with Crippen molar-refractivity contribution in [2.75, 3.05) is 24.7 Å². The summed E-state index contributed by atoms with van der Waals surface area (Å²) in [6.45, 7) is 3.67. The van der Waals surface area contributed by atoms with Gasteiger partial charge in [0.2, 0.25) is 0 Å². The summed E-state index contributed by atoms with van der Waals surface area (Å²) in [7, 11) is -1.61. The topological polar surface area (TPSA) is 75.7 Å². The molecular weight excluding hydrogens is 455 g/mol. The van der Waals surface area contributed by atoms with Gasteiger partial charge < -0.3 is 15.0 Å². The Labute approximate surface area is 200 Å². The van der Waals surface area contributed by atoms with Gasteiger partial charge in [-0.2, -0.15) is 0 Å². The van der Waals surface area contributed by atoms with Crippen LogP contribution in [0.5, 0.6) is 0 Å². The van der Waals surface area contributed by atoms with Crippen molar-refractivity contribution in [3.8, 4) is 0 Å². The lowest BCUT2D eigenvalue weighted by Gasteiger charge is -2.23. The standard InChI is InChI=1S/C26H25FN2O4S/c1-2-33-15-5-14-28-25(30)19-10-13-24-22(16-19)29(17-18-8-11-20(27)12-9-18)26(31)21-6-3-4-7-23(21)34(24)32/h3-4,6-13,16H,2,5,14-15,17H2,1H3,(H,28,30). The number of carbonyl (C=O) groups is 2. The smallest absolute Gasteiger partial charge is 0.259 e. The highest BCUT2D eigenvalue weighted by Crippen LogP contribution is 2.36. The van der Waals surface area contributed by atoms with Gasteiger partial charge >= 0.3 is 0 Å². The minimum atomic E-state index is -1.61. The van der Waals surface area contributed by atoms with E-state index in [1.165, 1.54) is 17.0 Å². The SMILES string of the molecule is CCOCCCNC(=O)c1ccc2c(c1)N(Cc1ccc(F)cc1)C(=O)c1ccccc1S2=O. The molecule has 3 aromatic rings. The lowest BCUT2D eigenvalue weighted by molar-refractivity contribution is 0.0941. The minimum Gasteiger partial charge on any atom is -0.382 e. The average molecular weight is 481 g/mol. The molecule has 0 bridgehead atoms. The minimum absolute atomic E-state index is 0.136. The van der Waals surface area contributed by atoms with Crippen molar-refractivity contribution in [2.24, 2.45) is 0 Å². The molecule has 6 nitrogen and oxygen atoms in total. The first-order valence-corrected chi connectivity index (χ1v) is 12.2. The van der Waals surface area contributed by atoms with Crippen molar-refractivity contribution in [3.05, 3.63) is 89.2 Å². The summed E-state index contributed by atoms with van der Waals surface area (Å²) in [6, 6.07) is 17.5. The molecule has 8 heteroatoms. The van der Waals surface area contributed by atoms with Gasteiger partial charge in [0, 0.05) is 25.3 Å². The van der Waals surface area contributed by atoms with Crippen LogP contribution in [0.3, 0.4) is 0 Å². The van der Waals surface area contributed by atoms with Crippen molar-refractivity contribution in [1.82, 2.24) is 5.32 Å². The molecule has 34 heavy (non-hydrogen) atoms. The fraction of sp³-hybridized carbons (Fsp3) is 0.231. The van der Waals surface area contributed by atoms with Gasteiger partial charge in [-0.1, -0.05) is 24.3 Å². The zero-order valence-electron chi connectivity index (χ0n) is 18.8. The quantitative estimate of drug-likeness (QED) is 0.488. The zero-order valence-corrected chi connectivity index (χ0v) is 19.6. The molecule has 0 aromatic heterocycles. The van der Waals surface area contributed by atoms with E-state index in [4.69, 9.17) is 4.74 Å². The Morgan fingerprint density at radius 2 is 1.82 bits per heavy atom. The van der Waals surface area contributed by atoms with Crippen molar-refractivity contribution in [2.45, 2.75) is 29.7 Å². The van der Waals surface area contributed by atoms with Crippen LogP contribution in [0.25, 0.3) is 0 Å². The second kappa shape index (κ2) is 10.7. The van der Waals surface area contributed by atoms with Crippen LogP contribution in [0, 0.1) is 5.82 Å². The fourth-order valence-electron chi connectivity index (χ4n) is 3.76. The third kappa shape index (κ3) is 5.08. The van der Waals surface area contributed by atoms with E-state index < -0.39 is 10.8 Å². The second-order valence-electron chi connectivity index (χ2n) is 7.77. The first kappa shape index (κ1) is 23.8. The summed E-state index contributed by atoms with van der Waals surface area (Å²) < 4.78 is 32.2. The van der Waals surface area contributed by atoms with E-state index in [1.807, 2.05) is 6.92 Å². The number of hydrogen-bond acceptors (Lipinski definition) is 4. The van der Waals surface area contributed by atoms with Gasteiger partial charge in [0.1, 0.15) is 5.82 Å². The highest BCUT2D eigenvalue weighted by Gasteiger charge is 2.31. The van der Waals surface area contributed by atoms with Crippen LogP contribution in [0.4, 0.5) is 10.1 Å². The predicted octanol–water partition coefficient (Wildman–Crippen LogP) is 4.31. The van der Waals surface area contributed by atoms with Crippen molar-refractivity contribution >= 4 is 28.3 Å². The lowest BCUT2D eigenvalue weighted by Crippen LogP contribution is -2.31. The third-order valence-electron chi connectivity index (χ3n) is 5.48. The molecule has 0 radical (unpaired) electrons. The number of ether oxygens (including phenoxy) is 1. The number of fused-ring (bicyclic) bond motifs is 2. The molecule has 0 saturated carbocycles. The van der Waals surface area contributed by atoms with E-state index in [-0.39, 0.29) is 24.2 Å². The molecule has 1 unspecified atom stereocenters. The van der Waals surface area contributed by atoms with Crippen LogP contribution in [0.1, 0.15) is 39.6 Å². The highest BCUT2D eigenvalue weighted by molar-refractivity contribution is 7.85. The van der Waals surface area contributed by atoms with Gasteiger partial charge in [0.15, 0.2) is 0 Å². The van der Waals surface area contributed by atoms with Crippen LogP contribution in [-0.4, -0.2) is 35.8 Å². The summed E-state index contributed by atoms with van der Waals surface area (Å²) in [5, 5.41) is 2.85. The Morgan fingerprint density at radius 1 is 1.06 bits per heavy atom. The number of halogens is 1. The molecular formula is C26H25FN2O4S. The van der Waals surface area contributed by atoms with Crippen LogP contribution >= 0.6 is 0 Å². The number of nitrogens with one attached hydrogen (secondary N) is 1. The number of hydrogen-bond donors (Lipinski definition) is 1. The maximum atomic E-state index is 13.6. The van der Waals surface area contributed by atoms with Crippen molar-refractivity contribution in [1.29, 1.82) is 0 Å². The Bertz CT molecular complexity index is 1230. The summed E-state index contributed by atoms with van der Waals surface area (Å²) in [6.07, 6.45) is 0.680. The van der Waals surface area contributed by atoms with Crippen molar-refractivity contribution in [3.63, 3.8) is 0 Å². The van der Waals surface area contributed by atoms with E-state index in [9.17, 15) is 18.2 Å². The third-order valence-corrected chi connectivity index (χ3v) is 6.98. The van der Waals surface area contributed by atoms with E-state index in [1.54, 1.807) is 54.6 Å². The van der Waals surface area contributed by atoms with E-state index in [2.05, 4.69) is 5.32 Å². The van der Waals surface area contributed by atoms with Crippen molar-refractivity contribution < 1.29 is 22.9 Å². The summed E-state index contributed by atoms with van der Waals surface area (Å²) in [5.74, 6) is -0.997. The molecule has 0 aliphatic carbocycles. The van der Waals surface area contributed by atoms with Gasteiger partial charge in [-0.3, -0.25) is 9.59 Å². The maximum Gasteiger partial charge on any atom is 0.259 e. The summed E-state index contributed by atoms with van der Waals surface area (Å²) >= 11 is 0. The zero-order chi connectivity index (χ0) is 24.1. The molecule has 1 aliphatic rings. The van der Waals surface area contributed by atoms with Gasteiger partial charge in [0.25, 0.3) is 11.8 Å². The number of anilines is 1. The summed E-state index contributed by atoms with van der Waals surface area (Å²) in [4.78, 5) is 28.7. The number of benzene rings is 3. The normalized spacial score (nSPS) is 14.8. The number of rotatable bonds is 8. The predicted molar refractivity (Wildman–Crippen MR) is 128 cm³/mol. The molecule has 3 aromatic carbocycles. The van der Waals surface area contributed by atoms with E-state index >= 15 is 0 Å². The van der Waals surface area contributed by atoms with Crippen LogP contribution in [0.2, 0.25) is 0 Å². The van der Waals surface area contributed by atoms with Crippen LogP contribution in [-0.2, 0) is 22.1 Å². The monoisotopic (exact) mass is 480 g/mol. The molecule has 176 valence electrons. The van der Waals surface area contributed by atoms with E-state index in [0.29, 0.717) is 58.3 Å². The van der Waals surface area contributed by atoms with Gasteiger partial charge in [-0.25, -0.2) is 8.60 Å². The molecule has 1 atom stereocenters. The molecule has 0 fully saturated rings. The van der Waals surface area contributed by atoms with E-state index in [0.717, 1.165) is 0 Å². The largest absolute Gasteiger partial charge is 0.382 e. The average Bonchev–Trinajstić information content (AvgIpc) is 2.94. The Morgan fingerprint density at radius 3 is 2.59 bits per heavy atom. The number of amides is 2. The Hall–Kier alpha value is -3.36. The number of nitrogens with zero attached hydrogens (tertiary/aromatic N) is 1. The molecule has 2 amide bonds. The molecule has 4 rings (SSSR count). The first-order chi connectivity index (χ1) is 16.5. The lowest BCUT2D eigenvalue weighted by atomic mass is 10.1. The van der Waals surface area contributed by atoms with Gasteiger partial charge in [-0.15, -0.1) is 0 Å². The molecule has 0 spiro atoms. The Kier molecular flexibility index (Phi) is 7.49. The highest BCUT2D eigenvalue weighted by atomic mass is 32.2. The molecule has 1 heterocycles. The molecule has 0 saturated heterocycles. The van der Waals surface area contributed by atoms with Crippen LogP contribution < -0.4 is 10.2 Å².